The Labute approximate surface area is 177 Å². The normalized spacial score (nSPS) is 12.8. The molecule has 5 heteroatoms. The fourth-order valence-corrected chi connectivity index (χ4v) is 3.34. The highest BCUT2D eigenvalue weighted by Gasteiger charge is 2.27. The largest absolute Gasteiger partial charge is 0.494 e. The average molecular weight is 421 g/mol. The number of benzene rings is 2. The van der Waals surface area contributed by atoms with Crippen LogP contribution in [-0.4, -0.2) is 18.6 Å². The maximum absolute atomic E-state index is 12.6. The Bertz CT molecular complexity index is 841. The first kappa shape index (κ1) is 24.0. The number of Topliss-reactive ketones (excluding diaryl/α,β-unsaturated/α-hetero) is 1. The summed E-state index contributed by atoms with van der Waals surface area (Å²) < 4.78 is 43.7. The van der Waals surface area contributed by atoms with Gasteiger partial charge in [0.25, 0.3) is 0 Å². The highest BCUT2D eigenvalue weighted by molar-refractivity contribution is 5.83. The third kappa shape index (κ3) is 7.51. The molecule has 0 radical (unpaired) electrons. The van der Waals surface area contributed by atoms with Crippen molar-refractivity contribution in [1.29, 1.82) is 0 Å². The molecule has 2 nitrogen and oxygen atoms in total. The summed E-state index contributed by atoms with van der Waals surface area (Å²) in [7, 11) is 0. The van der Waals surface area contributed by atoms with Gasteiger partial charge in [0, 0.05) is 12.3 Å². The summed E-state index contributed by atoms with van der Waals surface area (Å²) in [5.41, 5.74) is 3.06. The highest BCUT2D eigenvalue weighted by Crippen LogP contribution is 2.25. The van der Waals surface area contributed by atoms with Crippen molar-refractivity contribution in [2.45, 2.75) is 59.6 Å². The molecule has 2 aromatic carbocycles. The third-order valence-electron chi connectivity index (χ3n) is 5.40. The summed E-state index contributed by atoms with van der Waals surface area (Å²) in [6.07, 6.45) is -3.47. The lowest BCUT2D eigenvalue weighted by Crippen LogP contribution is -2.18. The van der Waals surface area contributed by atoms with Gasteiger partial charge in [0.2, 0.25) is 0 Å². The summed E-state index contributed by atoms with van der Waals surface area (Å²) >= 11 is 0. The van der Waals surface area contributed by atoms with Crippen molar-refractivity contribution < 1.29 is 22.7 Å². The van der Waals surface area contributed by atoms with Crippen molar-refractivity contribution in [3.63, 3.8) is 0 Å². The predicted octanol–water partition coefficient (Wildman–Crippen LogP) is 6.38. The number of halogens is 3. The summed E-state index contributed by atoms with van der Waals surface area (Å²) in [5.74, 6) is 1.26. The van der Waals surface area contributed by atoms with Crippen LogP contribution in [0.4, 0.5) is 13.2 Å². The number of rotatable bonds is 10. The van der Waals surface area contributed by atoms with Crippen molar-refractivity contribution in [3.05, 3.63) is 64.7 Å². The van der Waals surface area contributed by atoms with Gasteiger partial charge in [-0.05, 0) is 54.0 Å². The van der Waals surface area contributed by atoms with E-state index in [0.717, 1.165) is 22.4 Å². The lowest BCUT2D eigenvalue weighted by molar-refractivity contribution is -0.127. The van der Waals surface area contributed by atoms with Gasteiger partial charge in [-0.3, -0.25) is 4.79 Å². The molecule has 164 valence electrons. The van der Waals surface area contributed by atoms with Gasteiger partial charge in [-0.25, -0.2) is 0 Å². The quantitative estimate of drug-likeness (QED) is 0.446. The third-order valence-corrected chi connectivity index (χ3v) is 5.40. The topological polar surface area (TPSA) is 26.3 Å². The summed E-state index contributed by atoms with van der Waals surface area (Å²) in [6, 6.07) is 12.5. The van der Waals surface area contributed by atoms with Crippen LogP contribution >= 0.6 is 0 Å². The van der Waals surface area contributed by atoms with Gasteiger partial charge in [-0.2, -0.15) is 13.2 Å². The molecule has 0 aromatic heterocycles. The lowest BCUT2D eigenvalue weighted by atomic mass is 9.90. The van der Waals surface area contributed by atoms with Crippen molar-refractivity contribution in [2.24, 2.45) is 11.8 Å². The molecule has 0 bridgehead atoms. The van der Waals surface area contributed by atoms with Crippen LogP contribution < -0.4 is 4.74 Å². The van der Waals surface area contributed by atoms with Gasteiger partial charge in [0.1, 0.15) is 11.5 Å². The van der Waals surface area contributed by atoms with Crippen LogP contribution in [0.25, 0.3) is 0 Å². The molecule has 0 N–H and O–H groups in total. The fourth-order valence-electron chi connectivity index (χ4n) is 3.34. The highest BCUT2D eigenvalue weighted by atomic mass is 19.4. The van der Waals surface area contributed by atoms with E-state index in [1.807, 2.05) is 52.0 Å². The van der Waals surface area contributed by atoms with E-state index in [1.165, 1.54) is 6.07 Å². The minimum Gasteiger partial charge on any atom is -0.494 e. The zero-order valence-corrected chi connectivity index (χ0v) is 18.2. The molecule has 0 aliphatic rings. The van der Waals surface area contributed by atoms with E-state index in [0.29, 0.717) is 31.8 Å². The molecule has 0 fully saturated rings. The van der Waals surface area contributed by atoms with Crippen LogP contribution in [0.3, 0.4) is 0 Å². The van der Waals surface area contributed by atoms with Crippen LogP contribution in [-0.2, 0) is 30.5 Å². The zero-order chi connectivity index (χ0) is 22.3. The molecule has 0 amide bonds. The molecule has 0 unspecified atom stereocenters. The van der Waals surface area contributed by atoms with Gasteiger partial charge in [0.05, 0.1) is 13.0 Å². The minimum atomic E-state index is -4.21. The van der Waals surface area contributed by atoms with Gasteiger partial charge in [0.15, 0.2) is 0 Å². The molecular formula is C25H31F3O2. The molecular weight excluding hydrogens is 389 g/mol. The first-order chi connectivity index (χ1) is 14.1. The molecule has 1 atom stereocenters. The number of aryl methyl sites for hydroxylation is 2. The molecule has 0 saturated heterocycles. The van der Waals surface area contributed by atoms with Crippen LogP contribution in [0, 0.1) is 11.8 Å². The Kier molecular flexibility index (Phi) is 8.51. The predicted molar refractivity (Wildman–Crippen MR) is 114 cm³/mol. The number of alkyl halides is 3. The number of carbonyl (C=O) groups excluding carboxylic acids is 1. The summed E-state index contributed by atoms with van der Waals surface area (Å²) in [5, 5.41) is 0. The van der Waals surface area contributed by atoms with E-state index in [2.05, 4.69) is 0 Å². The molecule has 2 rings (SSSR count). The van der Waals surface area contributed by atoms with Gasteiger partial charge < -0.3 is 4.74 Å². The van der Waals surface area contributed by atoms with Gasteiger partial charge in [-0.15, -0.1) is 0 Å². The van der Waals surface area contributed by atoms with Crippen LogP contribution in [0.1, 0.15) is 49.9 Å². The minimum absolute atomic E-state index is 0.00388. The smallest absolute Gasteiger partial charge is 0.393 e. The van der Waals surface area contributed by atoms with E-state index >= 15 is 0 Å². The second kappa shape index (κ2) is 10.6. The standard InChI is InChI=1S/C25H31F3O2/c1-5-30-24-15-20(14-23(29)18(4)17(2)3)10-12-22(24)11-9-19-7-6-8-21(13-19)16-25(26,27)28/h6-8,10,12-13,15,17-18H,5,9,11,14,16H2,1-4H3/t18-/m0/s1. The van der Waals surface area contributed by atoms with Crippen LogP contribution in [0.5, 0.6) is 5.75 Å². The van der Waals surface area contributed by atoms with Crippen molar-refractivity contribution in [1.82, 2.24) is 0 Å². The number of ketones is 1. The Morgan fingerprint density at radius 2 is 1.67 bits per heavy atom. The summed E-state index contributed by atoms with van der Waals surface area (Å²) in [6.45, 7) is 8.45. The second-order valence-electron chi connectivity index (χ2n) is 8.16. The van der Waals surface area contributed by atoms with E-state index in [-0.39, 0.29) is 17.3 Å². The number of hydrogen-bond donors (Lipinski definition) is 0. The summed E-state index contributed by atoms with van der Waals surface area (Å²) in [4.78, 5) is 12.4. The SMILES string of the molecule is CCOc1cc(CC(=O)[C@@H](C)C(C)C)ccc1CCc1cccc(CC(F)(F)F)c1. The molecule has 0 spiro atoms. The van der Waals surface area contributed by atoms with Crippen molar-refractivity contribution in [2.75, 3.05) is 6.61 Å². The number of carbonyl (C=O) groups is 1. The van der Waals surface area contributed by atoms with Crippen molar-refractivity contribution >= 4 is 5.78 Å². The Morgan fingerprint density at radius 3 is 2.30 bits per heavy atom. The maximum atomic E-state index is 12.6. The van der Waals surface area contributed by atoms with Gasteiger partial charge >= 0.3 is 6.18 Å². The Hall–Kier alpha value is -2.30. The van der Waals surface area contributed by atoms with E-state index < -0.39 is 12.6 Å². The molecule has 0 aliphatic carbocycles. The van der Waals surface area contributed by atoms with E-state index in [4.69, 9.17) is 4.74 Å². The Balaban J connectivity index is 2.10. The average Bonchev–Trinajstić information content (AvgIpc) is 2.66. The molecule has 0 saturated carbocycles. The number of hydrogen-bond acceptors (Lipinski definition) is 2. The molecule has 30 heavy (non-hydrogen) atoms. The van der Waals surface area contributed by atoms with Gasteiger partial charge in [-0.1, -0.05) is 57.2 Å². The lowest BCUT2D eigenvalue weighted by Gasteiger charge is -2.16. The van der Waals surface area contributed by atoms with Crippen LogP contribution in [0.2, 0.25) is 0 Å². The monoisotopic (exact) mass is 420 g/mol. The molecule has 0 aliphatic heterocycles. The maximum Gasteiger partial charge on any atom is 0.393 e. The van der Waals surface area contributed by atoms with E-state index in [9.17, 15) is 18.0 Å². The first-order valence-corrected chi connectivity index (χ1v) is 10.5. The Morgan fingerprint density at radius 1 is 0.967 bits per heavy atom. The fraction of sp³-hybridized carbons (Fsp3) is 0.480. The first-order valence-electron chi connectivity index (χ1n) is 10.5. The van der Waals surface area contributed by atoms with E-state index in [1.54, 1.807) is 12.1 Å². The number of ether oxygens (including phenoxy) is 1. The van der Waals surface area contributed by atoms with Crippen LogP contribution in [0.15, 0.2) is 42.5 Å². The molecule has 2 aromatic rings. The molecule has 0 heterocycles. The zero-order valence-electron chi connectivity index (χ0n) is 18.2. The second-order valence-corrected chi connectivity index (χ2v) is 8.16. The van der Waals surface area contributed by atoms with Crippen molar-refractivity contribution in [3.8, 4) is 5.75 Å².